The number of hydrogen-bond acceptors (Lipinski definition) is 5. The first-order valence-electron chi connectivity index (χ1n) is 5.57. The van der Waals surface area contributed by atoms with Crippen molar-refractivity contribution in [2.45, 2.75) is 25.4 Å². The van der Waals surface area contributed by atoms with Crippen LogP contribution in [0.15, 0.2) is 30.3 Å². The van der Waals surface area contributed by atoms with Crippen LogP contribution in [0.2, 0.25) is 0 Å². The summed E-state index contributed by atoms with van der Waals surface area (Å²) in [6.45, 7) is -0.165. The Bertz CT molecular complexity index is 355. The molecule has 0 fully saturated rings. The summed E-state index contributed by atoms with van der Waals surface area (Å²) in [4.78, 5) is 11.4. The van der Waals surface area contributed by atoms with Gasteiger partial charge < -0.3 is 25.4 Å². The highest BCUT2D eigenvalue weighted by molar-refractivity contribution is 5.67. The van der Waals surface area contributed by atoms with E-state index in [2.05, 4.69) is 5.32 Å². The van der Waals surface area contributed by atoms with Gasteiger partial charge in [0.05, 0.1) is 6.04 Å². The molecule has 1 atom stereocenters. The van der Waals surface area contributed by atoms with Gasteiger partial charge in [-0.2, -0.15) is 0 Å². The zero-order valence-electron chi connectivity index (χ0n) is 9.82. The molecule has 0 aliphatic heterocycles. The third kappa shape index (κ3) is 5.13. The lowest BCUT2D eigenvalue weighted by molar-refractivity contribution is -0.0704. The molecule has 18 heavy (non-hydrogen) atoms. The minimum Gasteiger partial charge on any atom is -0.445 e. The van der Waals surface area contributed by atoms with Crippen LogP contribution >= 0.6 is 0 Å². The first-order valence-corrected chi connectivity index (χ1v) is 5.57. The predicted octanol–water partition coefficient (Wildman–Crippen LogP) is -0.0255. The first kappa shape index (κ1) is 14.4. The Labute approximate surface area is 105 Å². The van der Waals surface area contributed by atoms with Crippen LogP contribution in [-0.4, -0.2) is 40.4 Å². The molecule has 1 amide bonds. The topological polar surface area (TPSA) is 99.0 Å². The molecule has 0 aliphatic carbocycles. The summed E-state index contributed by atoms with van der Waals surface area (Å²) in [5.74, 6) is 0. The Morgan fingerprint density at radius 3 is 2.50 bits per heavy atom. The van der Waals surface area contributed by atoms with Gasteiger partial charge in [0, 0.05) is 6.61 Å². The molecule has 0 saturated heterocycles. The molecule has 1 aromatic carbocycles. The molecule has 6 nitrogen and oxygen atoms in total. The summed E-state index contributed by atoms with van der Waals surface area (Å²) >= 11 is 0. The molecule has 0 saturated carbocycles. The number of ether oxygens (including phenoxy) is 1. The van der Waals surface area contributed by atoms with Gasteiger partial charge in [-0.05, 0) is 12.0 Å². The van der Waals surface area contributed by atoms with E-state index in [0.717, 1.165) is 5.56 Å². The van der Waals surface area contributed by atoms with Crippen molar-refractivity contribution in [3.63, 3.8) is 0 Å². The lowest BCUT2D eigenvalue weighted by atomic mass is 10.2. The molecule has 0 spiro atoms. The van der Waals surface area contributed by atoms with Crippen LogP contribution in [0.3, 0.4) is 0 Å². The van der Waals surface area contributed by atoms with E-state index >= 15 is 0 Å². The number of aliphatic hydroxyl groups excluding tert-OH is 2. The summed E-state index contributed by atoms with van der Waals surface area (Å²) in [7, 11) is 0. The molecule has 4 N–H and O–H groups in total. The van der Waals surface area contributed by atoms with Crippen molar-refractivity contribution >= 4 is 6.09 Å². The number of aliphatic hydroxyl groups is 3. The molecule has 0 aliphatic rings. The van der Waals surface area contributed by atoms with Crippen LogP contribution in [-0.2, 0) is 11.3 Å². The number of benzene rings is 1. The van der Waals surface area contributed by atoms with Crippen molar-refractivity contribution < 1.29 is 24.9 Å². The second kappa shape index (κ2) is 7.65. The average molecular weight is 255 g/mol. The van der Waals surface area contributed by atoms with Gasteiger partial charge in [-0.15, -0.1) is 0 Å². The van der Waals surface area contributed by atoms with E-state index in [9.17, 15) is 4.79 Å². The molecule has 100 valence electrons. The number of hydrogen-bond donors (Lipinski definition) is 4. The van der Waals surface area contributed by atoms with Crippen molar-refractivity contribution in [2.24, 2.45) is 0 Å². The third-order valence-electron chi connectivity index (χ3n) is 2.32. The maximum atomic E-state index is 11.4. The molecule has 1 rings (SSSR count). The second-order valence-electron chi connectivity index (χ2n) is 3.74. The molecule has 6 heteroatoms. The summed E-state index contributed by atoms with van der Waals surface area (Å²) < 4.78 is 4.90. The number of alkyl carbamates (subject to hydrolysis) is 1. The largest absolute Gasteiger partial charge is 0.445 e. The first-order chi connectivity index (χ1) is 8.63. The number of rotatable bonds is 6. The van der Waals surface area contributed by atoms with Crippen LogP contribution in [0.5, 0.6) is 0 Å². The zero-order valence-corrected chi connectivity index (χ0v) is 9.82. The third-order valence-corrected chi connectivity index (χ3v) is 2.32. The van der Waals surface area contributed by atoms with Crippen molar-refractivity contribution in [1.29, 1.82) is 0 Å². The highest BCUT2D eigenvalue weighted by atomic mass is 16.5. The fraction of sp³-hybridized carbons (Fsp3) is 0.417. The van der Waals surface area contributed by atoms with Gasteiger partial charge in [0.2, 0.25) is 0 Å². The van der Waals surface area contributed by atoms with E-state index in [4.69, 9.17) is 20.1 Å². The molecule has 0 bridgehead atoms. The van der Waals surface area contributed by atoms with E-state index in [1.165, 1.54) is 0 Å². The van der Waals surface area contributed by atoms with Gasteiger partial charge in [-0.25, -0.2) is 4.79 Å². The summed E-state index contributed by atoms with van der Waals surface area (Å²) in [5.41, 5.74) is 0.830. The van der Waals surface area contributed by atoms with E-state index in [1.807, 2.05) is 18.2 Å². The SMILES string of the molecule is O=C(N[C@@H](CCO)C(O)O)OCc1ccccc1. The fourth-order valence-corrected chi connectivity index (χ4v) is 1.35. The van der Waals surface area contributed by atoms with Crippen LogP contribution in [0.25, 0.3) is 0 Å². The molecular weight excluding hydrogens is 238 g/mol. The molecule has 0 heterocycles. The monoisotopic (exact) mass is 255 g/mol. The number of carbonyl (C=O) groups excluding carboxylic acids is 1. The average Bonchev–Trinajstić information content (AvgIpc) is 2.37. The van der Waals surface area contributed by atoms with Crippen LogP contribution < -0.4 is 5.32 Å². The zero-order chi connectivity index (χ0) is 13.4. The standard InChI is InChI=1S/C12H17NO5/c14-7-6-10(11(15)16)13-12(17)18-8-9-4-2-1-3-5-9/h1-5,10-11,14-16H,6-8H2,(H,13,17)/t10-/m0/s1. The number of carbonyl (C=O) groups is 1. The lowest BCUT2D eigenvalue weighted by Crippen LogP contribution is -2.44. The molecule has 0 radical (unpaired) electrons. The Morgan fingerprint density at radius 1 is 1.28 bits per heavy atom. The molecule has 0 aromatic heterocycles. The maximum absolute atomic E-state index is 11.4. The molecular formula is C12H17NO5. The van der Waals surface area contributed by atoms with E-state index in [0.29, 0.717) is 0 Å². The summed E-state index contributed by atoms with van der Waals surface area (Å²) in [5, 5.41) is 28.9. The minimum atomic E-state index is -1.73. The van der Waals surface area contributed by atoms with Gasteiger partial charge in [-0.3, -0.25) is 0 Å². The highest BCUT2D eigenvalue weighted by Crippen LogP contribution is 2.02. The van der Waals surface area contributed by atoms with E-state index in [-0.39, 0.29) is 19.6 Å². The highest BCUT2D eigenvalue weighted by Gasteiger charge is 2.19. The van der Waals surface area contributed by atoms with Crippen LogP contribution in [0, 0.1) is 0 Å². The van der Waals surface area contributed by atoms with Crippen molar-refractivity contribution in [1.82, 2.24) is 5.32 Å². The Balaban J connectivity index is 2.36. The van der Waals surface area contributed by atoms with Gasteiger partial charge in [0.25, 0.3) is 0 Å². The second-order valence-corrected chi connectivity index (χ2v) is 3.74. The van der Waals surface area contributed by atoms with Crippen LogP contribution in [0.4, 0.5) is 4.79 Å². The number of amides is 1. The lowest BCUT2D eigenvalue weighted by Gasteiger charge is -2.19. The Kier molecular flexibility index (Phi) is 6.13. The molecule has 1 aromatic rings. The maximum Gasteiger partial charge on any atom is 0.407 e. The fourth-order valence-electron chi connectivity index (χ4n) is 1.35. The van der Waals surface area contributed by atoms with Crippen LogP contribution in [0.1, 0.15) is 12.0 Å². The van der Waals surface area contributed by atoms with Gasteiger partial charge in [0.15, 0.2) is 6.29 Å². The summed E-state index contributed by atoms with van der Waals surface area (Å²) in [6.07, 6.45) is -2.45. The minimum absolute atomic E-state index is 0.0398. The smallest absolute Gasteiger partial charge is 0.407 e. The van der Waals surface area contributed by atoms with Gasteiger partial charge >= 0.3 is 6.09 Å². The Hall–Kier alpha value is -1.63. The molecule has 0 unspecified atom stereocenters. The number of nitrogens with one attached hydrogen (secondary N) is 1. The van der Waals surface area contributed by atoms with Gasteiger partial charge in [0.1, 0.15) is 6.61 Å². The van der Waals surface area contributed by atoms with E-state index in [1.54, 1.807) is 12.1 Å². The van der Waals surface area contributed by atoms with Crippen molar-refractivity contribution in [2.75, 3.05) is 6.61 Å². The van der Waals surface area contributed by atoms with Crippen molar-refractivity contribution in [3.05, 3.63) is 35.9 Å². The summed E-state index contributed by atoms with van der Waals surface area (Å²) in [6, 6.07) is 8.16. The normalized spacial score (nSPS) is 12.2. The van der Waals surface area contributed by atoms with Crippen molar-refractivity contribution in [3.8, 4) is 0 Å². The van der Waals surface area contributed by atoms with Gasteiger partial charge in [-0.1, -0.05) is 30.3 Å². The van der Waals surface area contributed by atoms with E-state index < -0.39 is 18.4 Å². The quantitative estimate of drug-likeness (QED) is 0.535. The Morgan fingerprint density at radius 2 is 1.94 bits per heavy atom. The predicted molar refractivity (Wildman–Crippen MR) is 63.5 cm³/mol.